The van der Waals surface area contributed by atoms with Gasteiger partial charge in [0.05, 0.1) is 0 Å². The molecule has 0 saturated heterocycles. The van der Waals surface area contributed by atoms with Crippen molar-refractivity contribution in [3.05, 3.63) is 63.5 Å². The third-order valence-electron chi connectivity index (χ3n) is 3.72. The maximum Gasteiger partial charge on any atom is 0.267 e. The zero-order chi connectivity index (χ0) is 18.2. The van der Waals surface area contributed by atoms with Crippen LogP contribution in [0.4, 0.5) is 0 Å². The van der Waals surface area contributed by atoms with Crippen LogP contribution in [0.15, 0.2) is 47.5 Å². The Labute approximate surface area is 153 Å². The van der Waals surface area contributed by atoms with E-state index in [9.17, 15) is 9.59 Å². The van der Waals surface area contributed by atoms with Crippen LogP contribution < -0.4 is 10.6 Å². The highest BCUT2D eigenvalue weighted by atomic mass is 32.1. The van der Waals surface area contributed by atoms with Crippen molar-refractivity contribution < 1.29 is 9.59 Å². The van der Waals surface area contributed by atoms with Crippen LogP contribution in [0.5, 0.6) is 0 Å². The first-order valence-corrected chi connectivity index (χ1v) is 9.25. The highest BCUT2D eigenvalue weighted by Crippen LogP contribution is 2.14. The lowest BCUT2D eigenvalue weighted by Gasteiger charge is -2.12. The molecule has 0 radical (unpaired) electrons. The maximum absolute atomic E-state index is 12.6. The number of thiophene rings is 1. The van der Waals surface area contributed by atoms with Gasteiger partial charge in [-0.15, -0.1) is 11.3 Å². The van der Waals surface area contributed by atoms with Crippen molar-refractivity contribution in [2.75, 3.05) is 6.54 Å². The van der Waals surface area contributed by atoms with Gasteiger partial charge in [-0.1, -0.05) is 38.1 Å². The van der Waals surface area contributed by atoms with Gasteiger partial charge in [0.2, 0.25) is 0 Å². The third-order valence-corrected chi connectivity index (χ3v) is 4.54. The second-order valence-corrected chi connectivity index (χ2v) is 7.26. The van der Waals surface area contributed by atoms with E-state index in [0.29, 0.717) is 18.0 Å². The molecule has 0 aliphatic carbocycles. The molecule has 2 amide bonds. The van der Waals surface area contributed by atoms with E-state index in [-0.39, 0.29) is 17.5 Å². The molecule has 0 fully saturated rings. The van der Waals surface area contributed by atoms with Crippen LogP contribution in [0.2, 0.25) is 0 Å². The lowest BCUT2D eigenvalue weighted by Crippen LogP contribution is -2.35. The molecule has 0 saturated carbocycles. The SMILES string of the molecule is Cc1ccccc1C(=O)N/C(=C\c1cccs1)C(=O)NCCC(C)C. The Bertz CT molecular complexity index is 749. The summed E-state index contributed by atoms with van der Waals surface area (Å²) >= 11 is 1.52. The number of hydrogen-bond donors (Lipinski definition) is 2. The second-order valence-electron chi connectivity index (χ2n) is 6.28. The molecule has 5 heteroatoms. The van der Waals surface area contributed by atoms with Crippen molar-refractivity contribution in [3.63, 3.8) is 0 Å². The molecule has 2 rings (SSSR count). The fourth-order valence-electron chi connectivity index (χ4n) is 2.26. The van der Waals surface area contributed by atoms with Crippen molar-refractivity contribution in [1.82, 2.24) is 10.6 Å². The lowest BCUT2D eigenvalue weighted by molar-refractivity contribution is -0.117. The van der Waals surface area contributed by atoms with Gasteiger partial charge >= 0.3 is 0 Å². The van der Waals surface area contributed by atoms with Crippen LogP contribution in [0.3, 0.4) is 0 Å². The van der Waals surface area contributed by atoms with Crippen molar-refractivity contribution >= 4 is 29.2 Å². The first-order valence-electron chi connectivity index (χ1n) is 8.37. The Kier molecular flexibility index (Phi) is 6.95. The normalized spacial score (nSPS) is 11.4. The van der Waals surface area contributed by atoms with Crippen molar-refractivity contribution in [2.24, 2.45) is 5.92 Å². The fourth-order valence-corrected chi connectivity index (χ4v) is 2.92. The van der Waals surface area contributed by atoms with E-state index in [2.05, 4.69) is 24.5 Å². The summed E-state index contributed by atoms with van der Waals surface area (Å²) < 4.78 is 0. The Morgan fingerprint density at radius 1 is 1.16 bits per heavy atom. The lowest BCUT2D eigenvalue weighted by atomic mass is 10.1. The molecule has 0 aliphatic rings. The van der Waals surface area contributed by atoms with E-state index in [4.69, 9.17) is 0 Å². The summed E-state index contributed by atoms with van der Waals surface area (Å²) in [5.74, 6) is -0.0394. The number of amides is 2. The molecular weight excluding hydrogens is 332 g/mol. The molecule has 0 atom stereocenters. The van der Waals surface area contributed by atoms with E-state index in [1.807, 2.05) is 42.6 Å². The first-order chi connectivity index (χ1) is 12.0. The summed E-state index contributed by atoms with van der Waals surface area (Å²) in [6, 6.07) is 11.1. The van der Waals surface area contributed by atoms with Crippen LogP contribution in [-0.4, -0.2) is 18.4 Å². The van der Waals surface area contributed by atoms with E-state index < -0.39 is 0 Å². The Balaban J connectivity index is 2.16. The van der Waals surface area contributed by atoms with Gasteiger partial charge in [-0.25, -0.2) is 0 Å². The van der Waals surface area contributed by atoms with Crippen molar-refractivity contribution in [2.45, 2.75) is 27.2 Å². The molecule has 0 spiro atoms. The molecule has 1 aromatic carbocycles. The van der Waals surface area contributed by atoms with Crippen LogP contribution in [0, 0.1) is 12.8 Å². The summed E-state index contributed by atoms with van der Waals surface area (Å²) in [7, 11) is 0. The number of hydrogen-bond acceptors (Lipinski definition) is 3. The molecule has 0 unspecified atom stereocenters. The monoisotopic (exact) mass is 356 g/mol. The van der Waals surface area contributed by atoms with Crippen LogP contribution >= 0.6 is 11.3 Å². The van der Waals surface area contributed by atoms with Gasteiger partial charge in [-0.3, -0.25) is 9.59 Å². The number of carbonyl (C=O) groups is 2. The summed E-state index contributed by atoms with van der Waals surface area (Å²) in [4.78, 5) is 26.0. The second kappa shape index (κ2) is 9.18. The smallest absolute Gasteiger partial charge is 0.267 e. The van der Waals surface area contributed by atoms with E-state index >= 15 is 0 Å². The first kappa shape index (κ1) is 18.9. The molecule has 2 N–H and O–H groups in total. The average molecular weight is 356 g/mol. The Hall–Kier alpha value is -2.40. The molecule has 1 aromatic heterocycles. The standard InChI is InChI=1S/C20H24N2O2S/c1-14(2)10-11-21-20(24)18(13-16-8-6-12-25-16)22-19(23)17-9-5-4-7-15(17)3/h4-9,12-14H,10-11H2,1-3H3,(H,21,24)(H,22,23)/b18-13-. The summed E-state index contributed by atoms with van der Waals surface area (Å²) in [6.45, 7) is 6.67. The molecule has 2 aromatic rings. The number of nitrogens with one attached hydrogen (secondary N) is 2. The fraction of sp³-hybridized carbons (Fsp3) is 0.300. The summed E-state index contributed by atoms with van der Waals surface area (Å²) in [6.07, 6.45) is 2.61. The molecule has 0 aliphatic heterocycles. The van der Waals surface area contributed by atoms with Gasteiger partial charge in [-0.05, 0) is 48.4 Å². The van der Waals surface area contributed by atoms with E-state index in [1.165, 1.54) is 11.3 Å². The number of carbonyl (C=O) groups excluding carboxylic acids is 2. The minimum absolute atomic E-state index is 0.263. The van der Waals surface area contributed by atoms with Crippen molar-refractivity contribution in [3.8, 4) is 0 Å². The molecular formula is C20H24N2O2S. The van der Waals surface area contributed by atoms with Gasteiger partial charge in [-0.2, -0.15) is 0 Å². The van der Waals surface area contributed by atoms with Crippen LogP contribution in [-0.2, 0) is 4.79 Å². The molecule has 4 nitrogen and oxygen atoms in total. The minimum Gasteiger partial charge on any atom is -0.351 e. The number of aryl methyl sites for hydroxylation is 1. The van der Waals surface area contributed by atoms with Gasteiger partial charge < -0.3 is 10.6 Å². The highest BCUT2D eigenvalue weighted by molar-refractivity contribution is 7.10. The average Bonchev–Trinajstić information content (AvgIpc) is 3.07. The predicted octanol–water partition coefficient (Wildman–Crippen LogP) is 3.99. The van der Waals surface area contributed by atoms with Gasteiger partial charge in [0, 0.05) is 17.0 Å². The minimum atomic E-state index is -0.278. The topological polar surface area (TPSA) is 58.2 Å². The summed E-state index contributed by atoms with van der Waals surface area (Å²) in [5.41, 5.74) is 1.70. The molecule has 0 bridgehead atoms. The highest BCUT2D eigenvalue weighted by Gasteiger charge is 2.16. The third kappa shape index (κ3) is 5.87. The van der Waals surface area contributed by atoms with Gasteiger partial charge in [0.25, 0.3) is 11.8 Å². The molecule has 132 valence electrons. The predicted molar refractivity (Wildman–Crippen MR) is 103 cm³/mol. The number of rotatable bonds is 7. The van der Waals surface area contributed by atoms with Gasteiger partial charge in [0.1, 0.15) is 5.70 Å². The maximum atomic E-state index is 12.6. The van der Waals surface area contributed by atoms with Crippen LogP contribution in [0.1, 0.15) is 41.1 Å². The number of benzene rings is 1. The largest absolute Gasteiger partial charge is 0.351 e. The Morgan fingerprint density at radius 2 is 1.92 bits per heavy atom. The zero-order valence-corrected chi connectivity index (χ0v) is 15.7. The quantitative estimate of drug-likeness (QED) is 0.737. The van der Waals surface area contributed by atoms with E-state index in [1.54, 1.807) is 12.1 Å². The summed E-state index contributed by atoms with van der Waals surface area (Å²) in [5, 5.41) is 7.58. The molecule has 25 heavy (non-hydrogen) atoms. The van der Waals surface area contributed by atoms with Gasteiger partial charge in [0.15, 0.2) is 0 Å². The Morgan fingerprint density at radius 3 is 2.56 bits per heavy atom. The molecule has 1 heterocycles. The zero-order valence-electron chi connectivity index (χ0n) is 14.8. The van der Waals surface area contributed by atoms with Crippen LogP contribution in [0.25, 0.3) is 6.08 Å². The van der Waals surface area contributed by atoms with E-state index in [0.717, 1.165) is 16.9 Å². The van der Waals surface area contributed by atoms with Crippen molar-refractivity contribution in [1.29, 1.82) is 0 Å².